The van der Waals surface area contributed by atoms with E-state index in [-0.39, 0.29) is 0 Å². The predicted molar refractivity (Wildman–Crippen MR) is 78.2 cm³/mol. The summed E-state index contributed by atoms with van der Waals surface area (Å²) in [6.45, 7) is 4.89. The lowest BCUT2D eigenvalue weighted by Crippen LogP contribution is -2.23. The normalized spacial score (nSPS) is 12.8. The van der Waals surface area contributed by atoms with Crippen LogP contribution in [0, 0.1) is 0 Å². The molecular formula is C14H23NS. The number of hydrogen-bond donors (Lipinski definition) is 0. The van der Waals surface area contributed by atoms with Gasteiger partial charge in [0.25, 0.3) is 0 Å². The molecule has 0 radical (unpaired) electrons. The Morgan fingerprint density at radius 3 is 2.19 bits per heavy atom. The van der Waals surface area contributed by atoms with Crippen LogP contribution in [0.5, 0.6) is 0 Å². The molecule has 0 N–H and O–H groups in total. The minimum absolute atomic E-state index is 0.569. The summed E-state index contributed by atoms with van der Waals surface area (Å²) in [5, 5.41) is 0. The molecule has 0 amide bonds. The van der Waals surface area contributed by atoms with Gasteiger partial charge in [-0.25, -0.2) is 0 Å². The third-order valence-electron chi connectivity index (χ3n) is 2.87. The van der Waals surface area contributed by atoms with Crippen molar-refractivity contribution in [3.05, 3.63) is 42.0 Å². The van der Waals surface area contributed by atoms with Crippen LogP contribution in [-0.2, 0) is 6.42 Å². The summed E-state index contributed by atoms with van der Waals surface area (Å²) in [5.41, 5.74) is 2.60. The molecule has 1 nitrogen and oxygen atoms in total. The van der Waals surface area contributed by atoms with E-state index in [1.807, 2.05) is 6.08 Å². The van der Waals surface area contributed by atoms with Crippen LogP contribution in [0.1, 0.15) is 11.1 Å². The van der Waals surface area contributed by atoms with Crippen molar-refractivity contribution in [3.63, 3.8) is 0 Å². The number of nitrogens with zero attached hydrogens (tertiary/aromatic N) is 1. The standard InChI is InChI=1S/C14H23NS/c1-6-13-7-9-14(10-8-13)11-12-15(2)16(3,4)5/h6-10H,1,11-12H2,2-5H3. The van der Waals surface area contributed by atoms with Crippen LogP contribution in [0.2, 0.25) is 0 Å². The Morgan fingerprint density at radius 1 is 1.19 bits per heavy atom. The van der Waals surface area contributed by atoms with Crippen molar-refractivity contribution in [1.82, 2.24) is 4.31 Å². The molecule has 1 aromatic carbocycles. The summed E-state index contributed by atoms with van der Waals surface area (Å²) in [5.74, 6) is 0. The number of hydrogen-bond acceptors (Lipinski definition) is 1. The summed E-state index contributed by atoms with van der Waals surface area (Å²) in [6.07, 6.45) is 9.99. The highest BCUT2D eigenvalue weighted by Crippen LogP contribution is 2.37. The molecule has 1 aromatic rings. The van der Waals surface area contributed by atoms with Gasteiger partial charge in [-0.05, 0) is 43.4 Å². The Labute approximate surface area is 102 Å². The van der Waals surface area contributed by atoms with Crippen molar-refractivity contribution < 1.29 is 0 Å². The van der Waals surface area contributed by atoms with E-state index in [9.17, 15) is 0 Å². The molecule has 0 aliphatic carbocycles. The fourth-order valence-electron chi connectivity index (χ4n) is 1.38. The minimum Gasteiger partial charge on any atom is -0.271 e. The molecule has 0 saturated carbocycles. The second-order valence-corrected chi connectivity index (χ2v) is 8.99. The maximum Gasteiger partial charge on any atom is 0.0111 e. The summed E-state index contributed by atoms with van der Waals surface area (Å²) in [4.78, 5) is 0. The highest BCUT2D eigenvalue weighted by molar-refractivity contribution is 8.30. The second kappa shape index (κ2) is 5.55. The van der Waals surface area contributed by atoms with Gasteiger partial charge in [0.05, 0.1) is 0 Å². The van der Waals surface area contributed by atoms with Gasteiger partial charge in [0.2, 0.25) is 0 Å². The van der Waals surface area contributed by atoms with Crippen molar-refractivity contribution in [1.29, 1.82) is 0 Å². The zero-order valence-corrected chi connectivity index (χ0v) is 11.7. The molecule has 0 atom stereocenters. The van der Waals surface area contributed by atoms with Crippen molar-refractivity contribution in [3.8, 4) is 0 Å². The molecule has 0 bridgehead atoms. The topological polar surface area (TPSA) is 3.24 Å². The lowest BCUT2D eigenvalue weighted by atomic mass is 10.1. The highest BCUT2D eigenvalue weighted by atomic mass is 32.3. The molecule has 0 fully saturated rings. The monoisotopic (exact) mass is 237 g/mol. The van der Waals surface area contributed by atoms with Crippen LogP contribution in [0.15, 0.2) is 30.8 Å². The van der Waals surface area contributed by atoms with Crippen LogP contribution in [0.3, 0.4) is 0 Å². The van der Waals surface area contributed by atoms with E-state index in [4.69, 9.17) is 0 Å². The minimum atomic E-state index is -0.569. The predicted octanol–water partition coefficient (Wildman–Crippen LogP) is 3.41. The molecule has 0 unspecified atom stereocenters. The van der Waals surface area contributed by atoms with Crippen molar-refractivity contribution >= 4 is 16.3 Å². The third kappa shape index (κ3) is 4.03. The zero-order chi connectivity index (χ0) is 12.2. The molecule has 0 aromatic heterocycles. The van der Waals surface area contributed by atoms with E-state index in [0.717, 1.165) is 13.0 Å². The summed E-state index contributed by atoms with van der Waals surface area (Å²) < 4.78 is 2.47. The number of likely N-dealkylation sites (N-methyl/N-ethyl adjacent to an activating group) is 1. The molecule has 0 heterocycles. The van der Waals surface area contributed by atoms with E-state index >= 15 is 0 Å². The first kappa shape index (κ1) is 13.3. The Morgan fingerprint density at radius 2 is 1.75 bits per heavy atom. The van der Waals surface area contributed by atoms with Gasteiger partial charge in [-0.15, -0.1) is 0 Å². The summed E-state index contributed by atoms with van der Waals surface area (Å²) in [6, 6.07) is 8.66. The van der Waals surface area contributed by atoms with Gasteiger partial charge in [-0.3, -0.25) is 4.31 Å². The largest absolute Gasteiger partial charge is 0.271 e. The fraction of sp³-hybridized carbons (Fsp3) is 0.429. The maximum absolute atomic E-state index is 3.76. The Hall–Kier alpha value is -0.730. The van der Waals surface area contributed by atoms with Crippen molar-refractivity contribution in [2.24, 2.45) is 0 Å². The van der Waals surface area contributed by atoms with Crippen LogP contribution >= 0.6 is 10.2 Å². The molecule has 1 rings (SSSR count). The molecule has 0 saturated heterocycles. The van der Waals surface area contributed by atoms with Crippen LogP contribution < -0.4 is 0 Å². The van der Waals surface area contributed by atoms with Crippen molar-refractivity contribution in [2.75, 3.05) is 32.4 Å². The number of benzene rings is 1. The van der Waals surface area contributed by atoms with E-state index in [2.05, 4.69) is 61.0 Å². The van der Waals surface area contributed by atoms with E-state index in [1.54, 1.807) is 0 Å². The molecule has 2 heteroatoms. The summed E-state index contributed by atoms with van der Waals surface area (Å²) in [7, 11) is 1.65. The van der Waals surface area contributed by atoms with E-state index in [0.29, 0.717) is 0 Å². The quantitative estimate of drug-likeness (QED) is 0.758. The molecule has 0 spiro atoms. The van der Waals surface area contributed by atoms with Gasteiger partial charge in [0, 0.05) is 6.54 Å². The fourth-order valence-corrected chi connectivity index (χ4v) is 2.02. The highest BCUT2D eigenvalue weighted by Gasteiger charge is 2.10. The first-order valence-electron chi connectivity index (χ1n) is 5.54. The zero-order valence-electron chi connectivity index (χ0n) is 10.9. The Kier molecular flexibility index (Phi) is 4.63. The van der Waals surface area contributed by atoms with Crippen LogP contribution in [0.25, 0.3) is 6.08 Å². The SMILES string of the molecule is C=Cc1ccc(CCN(C)S(C)(C)C)cc1. The number of rotatable bonds is 5. The molecule has 0 aliphatic rings. The van der Waals surface area contributed by atoms with Gasteiger partial charge >= 0.3 is 0 Å². The first-order valence-corrected chi connectivity index (χ1v) is 8.36. The van der Waals surface area contributed by atoms with Crippen LogP contribution in [-0.4, -0.2) is 36.7 Å². The maximum atomic E-state index is 3.76. The van der Waals surface area contributed by atoms with Gasteiger partial charge in [0.1, 0.15) is 0 Å². The van der Waals surface area contributed by atoms with Gasteiger partial charge < -0.3 is 0 Å². The molecule has 0 aliphatic heterocycles. The van der Waals surface area contributed by atoms with Crippen LogP contribution in [0.4, 0.5) is 0 Å². The Bertz CT molecular complexity index is 335. The average molecular weight is 237 g/mol. The molecular weight excluding hydrogens is 214 g/mol. The van der Waals surface area contributed by atoms with E-state index < -0.39 is 10.2 Å². The molecule has 16 heavy (non-hydrogen) atoms. The van der Waals surface area contributed by atoms with Gasteiger partial charge in [-0.2, -0.15) is 10.2 Å². The summed E-state index contributed by atoms with van der Waals surface area (Å²) >= 11 is 0. The van der Waals surface area contributed by atoms with Crippen molar-refractivity contribution in [2.45, 2.75) is 6.42 Å². The smallest absolute Gasteiger partial charge is 0.0111 e. The third-order valence-corrected chi connectivity index (χ3v) is 4.92. The van der Waals surface area contributed by atoms with E-state index in [1.165, 1.54) is 11.1 Å². The van der Waals surface area contributed by atoms with Gasteiger partial charge in [0.15, 0.2) is 0 Å². The molecule has 90 valence electrons. The lowest BCUT2D eigenvalue weighted by Gasteiger charge is -2.37. The van der Waals surface area contributed by atoms with Gasteiger partial charge in [-0.1, -0.05) is 36.9 Å². The average Bonchev–Trinajstić information content (AvgIpc) is 2.25. The first-order chi connectivity index (χ1) is 7.43. The Balaban J connectivity index is 2.51. The second-order valence-electron chi connectivity index (χ2n) is 4.82. The lowest BCUT2D eigenvalue weighted by molar-refractivity contribution is 0.558.